The quantitative estimate of drug-likeness (QED) is 0.0232. The molecule has 0 fully saturated rings. The summed E-state index contributed by atoms with van der Waals surface area (Å²) in [5.41, 5.74) is 5.47. The number of hydrogen-bond donors (Lipinski definition) is 3. The molecular weight excluding hydrogens is 721 g/mol. The molecule has 0 aliphatic rings. The minimum Gasteiger partial charge on any atom is -0.480 e. The lowest BCUT2D eigenvalue weighted by molar-refractivity contribution is -0.161. The summed E-state index contributed by atoms with van der Waals surface area (Å²) in [5.74, 6) is -2.38. The average Bonchev–Trinajstić information content (AvgIpc) is 3.15. The van der Waals surface area contributed by atoms with Crippen molar-refractivity contribution in [2.75, 3.05) is 13.2 Å². The summed E-state index contributed by atoms with van der Waals surface area (Å²) in [6.07, 6.45) is 35.6. The highest BCUT2D eigenvalue weighted by molar-refractivity contribution is 7.47. The first-order valence-corrected chi connectivity index (χ1v) is 23.7. The van der Waals surface area contributed by atoms with E-state index >= 15 is 0 Å². The number of phosphoric ester groups is 1. The number of rotatable bonds is 41. The van der Waals surface area contributed by atoms with E-state index in [9.17, 15) is 23.8 Å². The maximum Gasteiger partial charge on any atom is 0.472 e. The number of carboxylic acids is 1. The van der Waals surface area contributed by atoms with Crippen molar-refractivity contribution in [3.05, 3.63) is 12.2 Å². The van der Waals surface area contributed by atoms with Crippen molar-refractivity contribution in [3.8, 4) is 0 Å². The number of carbonyl (C=O) groups excluding carboxylic acids is 2. The number of unbranched alkanes of at least 4 members (excludes halogenated alkanes) is 25. The van der Waals surface area contributed by atoms with Crippen LogP contribution in [0.1, 0.15) is 213 Å². The van der Waals surface area contributed by atoms with Gasteiger partial charge in [-0.1, -0.05) is 167 Å². The van der Waals surface area contributed by atoms with Crippen LogP contribution in [0.2, 0.25) is 0 Å². The van der Waals surface area contributed by atoms with Crippen molar-refractivity contribution in [1.29, 1.82) is 0 Å². The topological polar surface area (TPSA) is 172 Å². The maximum atomic E-state index is 12.7. The molecule has 0 aliphatic carbocycles. The Morgan fingerprint density at radius 3 is 1.40 bits per heavy atom. The highest BCUT2D eigenvalue weighted by Gasteiger charge is 2.32. The molecule has 0 saturated carbocycles. The predicted octanol–water partition coefficient (Wildman–Crippen LogP) is 11.7. The first-order valence-electron chi connectivity index (χ1n) is 22.2. The molecule has 0 spiro atoms. The lowest BCUT2D eigenvalue weighted by Gasteiger charge is -2.22. The molecule has 0 heterocycles. The van der Waals surface area contributed by atoms with Crippen LogP contribution >= 0.6 is 7.82 Å². The second kappa shape index (κ2) is 37.8. The van der Waals surface area contributed by atoms with E-state index in [1.165, 1.54) is 116 Å². The van der Waals surface area contributed by atoms with Crippen molar-refractivity contribution in [2.45, 2.75) is 232 Å². The highest BCUT2D eigenvalue weighted by atomic mass is 31.2. The van der Waals surface area contributed by atoms with Gasteiger partial charge in [0.15, 0.2) is 6.10 Å². The zero-order valence-corrected chi connectivity index (χ0v) is 36.1. The minimum atomic E-state index is -4.77. The van der Waals surface area contributed by atoms with Crippen LogP contribution in [0, 0.1) is 0 Å². The molecule has 0 radical (unpaired) electrons. The third-order valence-electron chi connectivity index (χ3n) is 9.87. The van der Waals surface area contributed by atoms with E-state index in [0.717, 1.165) is 57.8 Å². The summed E-state index contributed by atoms with van der Waals surface area (Å²) in [6, 6.07) is -1.55. The first kappa shape index (κ1) is 53.2. The van der Waals surface area contributed by atoms with E-state index in [1.807, 2.05) is 0 Å². The van der Waals surface area contributed by atoms with E-state index in [0.29, 0.717) is 12.8 Å². The van der Waals surface area contributed by atoms with E-state index in [1.54, 1.807) is 0 Å². The molecule has 0 rings (SSSR count). The molecule has 0 aromatic heterocycles. The first-order chi connectivity index (χ1) is 26.5. The molecule has 0 aromatic rings. The van der Waals surface area contributed by atoms with Crippen molar-refractivity contribution >= 4 is 25.7 Å². The normalized spacial score (nSPS) is 14.4. The number of carboxylic acid groups (broad SMARTS) is 1. The van der Waals surface area contributed by atoms with Gasteiger partial charge in [0.2, 0.25) is 0 Å². The number of allylic oxidation sites excluding steroid dienone is 2. The molecule has 4 atom stereocenters. The van der Waals surface area contributed by atoms with Crippen LogP contribution in [0.15, 0.2) is 12.2 Å². The van der Waals surface area contributed by atoms with Gasteiger partial charge in [-0.15, -0.1) is 0 Å². The van der Waals surface area contributed by atoms with Crippen LogP contribution in [0.25, 0.3) is 0 Å². The molecule has 0 bridgehead atoms. The van der Waals surface area contributed by atoms with Gasteiger partial charge in [-0.3, -0.25) is 23.4 Å². The maximum absolute atomic E-state index is 12.7. The SMILES string of the molecule is CCCCCCCC/C=C\CCCCCCCC(=O)O[C@H](COC(=O)CCCCCCCCCCCCCCCCC)COP(=O)(O)O[C@H](C)[C@H](N)C(=O)O. The Bertz CT molecular complexity index is 1010. The molecule has 1 unspecified atom stereocenters. The molecule has 0 amide bonds. The van der Waals surface area contributed by atoms with Gasteiger partial charge in [-0.2, -0.15) is 0 Å². The van der Waals surface area contributed by atoms with E-state index < -0.39 is 50.6 Å². The zero-order chi connectivity index (χ0) is 40.8. The van der Waals surface area contributed by atoms with Crippen molar-refractivity contribution in [1.82, 2.24) is 0 Å². The Morgan fingerprint density at radius 2 is 0.982 bits per heavy atom. The number of carbonyl (C=O) groups is 3. The van der Waals surface area contributed by atoms with Gasteiger partial charge >= 0.3 is 25.7 Å². The van der Waals surface area contributed by atoms with Crippen LogP contribution < -0.4 is 5.73 Å². The number of nitrogens with two attached hydrogens (primary N) is 1. The molecular formula is C43H82NO10P. The van der Waals surface area contributed by atoms with E-state index in [-0.39, 0.29) is 19.4 Å². The summed E-state index contributed by atoms with van der Waals surface area (Å²) in [6.45, 7) is 4.78. The molecule has 12 heteroatoms. The second-order valence-corrected chi connectivity index (χ2v) is 16.7. The standard InChI is InChI=1S/C43H82NO10P/c1-4-6-8-10-12-14-16-18-20-22-24-26-28-30-32-34-40(45)51-36-39(37-52-55(49,50)54-38(3)42(44)43(47)48)53-41(46)35-33-31-29-27-25-23-21-19-17-15-13-11-9-7-5-2/h19,21,38-39,42H,4-18,20,22-37,44H2,1-3H3,(H,47,48)(H,49,50)/b21-19-/t38-,39-,42+/m1/s1. The lowest BCUT2D eigenvalue weighted by Crippen LogP contribution is -2.41. The van der Waals surface area contributed by atoms with Gasteiger partial charge in [0.1, 0.15) is 12.6 Å². The number of aliphatic carboxylic acids is 1. The average molecular weight is 804 g/mol. The van der Waals surface area contributed by atoms with Crippen LogP contribution in [0.5, 0.6) is 0 Å². The molecule has 0 aliphatic heterocycles. The number of esters is 2. The Kier molecular flexibility index (Phi) is 36.6. The smallest absolute Gasteiger partial charge is 0.472 e. The van der Waals surface area contributed by atoms with Gasteiger partial charge in [-0.05, 0) is 45.4 Å². The van der Waals surface area contributed by atoms with Gasteiger partial charge in [0.25, 0.3) is 0 Å². The number of phosphoric acid groups is 1. The van der Waals surface area contributed by atoms with Gasteiger partial charge in [-0.25, -0.2) is 4.57 Å². The zero-order valence-electron chi connectivity index (χ0n) is 35.2. The van der Waals surface area contributed by atoms with Crippen molar-refractivity contribution < 1.29 is 47.5 Å². The van der Waals surface area contributed by atoms with Gasteiger partial charge in [0, 0.05) is 12.8 Å². The number of hydrogen-bond acceptors (Lipinski definition) is 9. The Labute approximate surface area is 335 Å². The summed E-state index contributed by atoms with van der Waals surface area (Å²) < 4.78 is 33.2. The number of ether oxygens (including phenoxy) is 2. The molecule has 324 valence electrons. The predicted molar refractivity (Wildman–Crippen MR) is 222 cm³/mol. The molecule has 55 heavy (non-hydrogen) atoms. The Hall–Kier alpha value is -1.78. The summed E-state index contributed by atoms with van der Waals surface area (Å²) in [7, 11) is -4.77. The largest absolute Gasteiger partial charge is 0.480 e. The Morgan fingerprint density at radius 1 is 0.600 bits per heavy atom. The molecule has 11 nitrogen and oxygen atoms in total. The fraction of sp³-hybridized carbons (Fsp3) is 0.884. The van der Waals surface area contributed by atoms with Crippen LogP contribution in [0.4, 0.5) is 0 Å². The summed E-state index contributed by atoms with van der Waals surface area (Å²) in [5, 5.41) is 9.05. The van der Waals surface area contributed by atoms with E-state index in [4.69, 9.17) is 29.4 Å². The second-order valence-electron chi connectivity index (χ2n) is 15.3. The molecule has 0 aromatic carbocycles. The third kappa shape index (κ3) is 36.3. The highest BCUT2D eigenvalue weighted by Crippen LogP contribution is 2.45. The third-order valence-corrected chi connectivity index (χ3v) is 10.9. The van der Waals surface area contributed by atoms with Crippen LogP contribution in [-0.2, 0) is 37.5 Å². The van der Waals surface area contributed by atoms with Gasteiger partial charge in [0.05, 0.1) is 12.7 Å². The lowest BCUT2D eigenvalue weighted by atomic mass is 10.0. The summed E-state index contributed by atoms with van der Waals surface area (Å²) >= 11 is 0. The molecule has 0 saturated heterocycles. The van der Waals surface area contributed by atoms with Gasteiger partial charge < -0.3 is 25.2 Å². The summed E-state index contributed by atoms with van der Waals surface area (Å²) in [4.78, 5) is 46.4. The fourth-order valence-corrected chi connectivity index (χ4v) is 7.25. The van der Waals surface area contributed by atoms with Crippen molar-refractivity contribution in [3.63, 3.8) is 0 Å². The van der Waals surface area contributed by atoms with Crippen LogP contribution in [-0.4, -0.2) is 59.4 Å². The van der Waals surface area contributed by atoms with E-state index in [2.05, 4.69) is 26.0 Å². The Balaban J connectivity index is 4.44. The molecule has 4 N–H and O–H groups in total. The van der Waals surface area contributed by atoms with Crippen molar-refractivity contribution in [2.24, 2.45) is 5.73 Å². The fourth-order valence-electron chi connectivity index (χ4n) is 6.28. The minimum absolute atomic E-state index is 0.152. The monoisotopic (exact) mass is 804 g/mol. The van der Waals surface area contributed by atoms with Crippen LogP contribution in [0.3, 0.4) is 0 Å².